The van der Waals surface area contributed by atoms with Gasteiger partial charge in [-0.3, -0.25) is 28.9 Å². The van der Waals surface area contributed by atoms with E-state index >= 15 is 0 Å². The number of aliphatic hydroxyl groups excluding tert-OH is 1. The number of amides is 4. The molecule has 4 aliphatic rings. The first-order chi connectivity index (χ1) is 35.4. The highest BCUT2D eigenvalue weighted by molar-refractivity contribution is 7.13. The molecular weight excluding hydrogens is 951 g/mol. The highest BCUT2D eigenvalue weighted by Crippen LogP contribution is 2.46. The van der Waals surface area contributed by atoms with Crippen molar-refractivity contribution in [2.24, 2.45) is 5.41 Å². The Balaban J connectivity index is 0.716. The molecule has 5 aromatic rings. The van der Waals surface area contributed by atoms with Crippen LogP contribution in [0.5, 0.6) is 0 Å². The summed E-state index contributed by atoms with van der Waals surface area (Å²) in [5.41, 5.74) is 10.7. The Kier molecular flexibility index (Phi) is 15.2. The number of likely N-dealkylation sites (tertiary alicyclic amines) is 1. The molecule has 3 fully saturated rings. The summed E-state index contributed by atoms with van der Waals surface area (Å²) >= 11 is 1.58. The number of hydrogen-bond acceptors (Lipinski definition) is 11. The van der Waals surface area contributed by atoms with Gasteiger partial charge in [-0.05, 0) is 91.0 Å². The number of β-amino-alcohol motifs (C(OH)–C–C–N with tert-alkyl or cyclic N) is 1. The van der Waals surface area contributed by atoms with E-state index in [9.17, 15) is 34.3 Å². The van der Waals surface area contributed by atoms with Crippen LogP contribution in [0.25, 0.3) is 21.3 Å². The van der Waals surface area contributed by atoms with E-state index in [1.54, 1.807) is 17.4 Å². The van der Waals surface area contributed by atoms with Gasteiger partial charge in [0, 0.05) is 111 Å². The second-order valence-electron chi connectivity index (χ2n) is 22.4. The second-order valence-corrected chi connectivity index (χ2v) is 23.2. The largest absolute Gasteiger partial charge is 0.391 e. The van der Waals surface area contributed by atoms with Gasteiger partial charge in [0.1, 0.15) is 12.1 Å². The topological polar surface area (TPSA) is 195 Å². The van der Waals surface area contributed by atoms with Crippen molar-refractivity contribution < 1.29 is 29.1 Å². The minimum Gasteiger partial charge on any atom is -0.391 e. The molecule has 1 unspecified atom stereocenters. The van der Waals surface area contributed by atoms with Crippen LogP contribution in [0.3, 0.4) is 0 Å². The number of nitrogens with one attached hydrogen (secondary N) is 3. The number of nitrogens with zero attached hydrogens (tertiary/aromatic N) is 6. The lowest BCUT2D eigenvalue weighted by molar-refractivity contribution is -0.144. The number of unbranched alkanes of at least 4 members (excludes halogenated alkanes) is 1. The van der Waals surface area contributed by atoms with Crippen LogP contribution >= 0.6 is 11.3 Å². The molecule has 3 aliphatic heterocycles. The number of ketones is 1. The Hall–Kier alpha value is -6.41. The fraction of sp³-hybridized carbons (Fsp3) is 0.500. The lowest BCUT2D eigenvalue weighted by Crippen LogP contribution is -2.57. The van der Waals surface area contributed by atoms with E-state index in [-0.39, 0.29) is 49.4 Å². The SMILES string of the molecule is CCc1cc2c(cc1N1CCC(N3CCN(C(=O)CCCCC(=O)NC(C(=O)N4C[C@H](O)C[C@H]4C(=O)NCc4ccc(-c5scnc5C)cc4)C(C)(C)C)CC3)CC1)C(C)(C)c1[nH]c3cc(C#N)ccc3c1C2=O. The van der Waals surface area contributed by atoms with E-state index in [0.717, 1.165) is 94.9 Å². The molecule has 15 nitrogen and oxygen atoms in total. The Labute approximate surface area is 438 Å². The monoisotopic (exact) mass is 1020 g/mol. The third-order valence-electron chi connectivity index (χ3n) is 16.0. The summed E-state index contributed by atoms with van der Waals surface area (Å²) in [6, 6.07) is 18.6. The number of thiazole rings is 1. The lowest BCUT2D eigenvalue weighted by atomic mass is 9.70. The number of nitriles is 1. The standard InChI is InChI=1S/C58H71N9O6S/c1-8-38-28-43-44(58(6,7)53-50(51(43)71)42-18-15-37(31-59)27-45(42)62-53)30-46(38)65-21-19-40(20-22-65)64-23-25-66(26-24-64)49(70)12-10-9-11-48(69)63-54(57(3,4)5)56(73)67-33-41(68)29-47(67)55(72)60-32-36-13-16-39(17-14-36)52-35(2)61-34-74-52/h13-18,27-28,30,34,40-41,47,54,62,68H,8-12,19-26,29,32-33H2,1-7H3,(H,60,72)(H,63,69)/t41-,47+,54?/m1/s1. The Bertz CT molecular complexity index is 2980. The first-order valence-corrected chi connectivity index (χ1v) is 27.3. The van der Waals surface area contributed by atoms with Crippen molar-refractivity contribution in [1.82, 2.24) is 35.3 Å². The normalized spacial score (nSPS) is 19.5. The molecule has 0 radical (unpaired) electrons. The number of carbonyl (C=O) groups excluding carboxylic acids is 5. The number of aromatic nitrogens is 2. The lowest BCUT2D eigenvalue weighted by Gasteiger charge is -2.44. The van der Waals surface area contributed by atoms with Gasteiger partial charge in [0.2, 0.25) is 23.6 Å². The number of hydrogen-bond donors (Lipinski definition) is 4. The average molecular weight is 1020 g/mol. The number of rotatable bonds is 14. The number of aromatic amines is 1. The van der Waals surface area contributed by atoms with Gasteiger partial charge >= 0.3 is 0 Å². The minimum absolute atomic E-state index is 0.000285. The zero-order valence-corrected chi connectivity index (χ0v) is 44.8. The van der Waals surface area contributed by atoms with Crippen molar-refractivity contribution >= 4 is 57.3 Å². The fourth-order valence-corrected chi connectivity index (χ4v) is 12.5. The van der Waals surface area contributed by atoms with Gasteiger partial charge in [0.05, 0.1) is 39.4 Å². The zero-order chi connectivity index (χ0) is 52.6. The van der Waals surface area contributed by atoms with Gasteiger partial charge in [0.25, 0.3) is 0 Å². The number of H-pyrrole nitrogens is 1. The van der Waals surface area contributed by atoms with Gasteiger partial charge in [-0.1, -0.05) is 71.9 Å². The molecule has 3 atom stereocenters. The van der Waals surface area contributed by atoms with Crippen LogP contribution in [0.4, 0.5) is 5.69 Å². The third kappa shape index (κ3) is 10.6. The maximum atomic E-state index is 14.2. The smallest absolute Gasteiger partial charge is 0.246 e. The molecule has 4 amide bonds. The highest BCUT2D eigenvalue weighted by atomic mass is 32.1. The molecule has 5 heterocycles. The molecular formula is C58H71N9O6S. The van der Waals surface area contributed by atoms with E-state index in [1.165, 1.54) is 16.2 Å². The Morgan fingerprint density at radius 2 is 1.69 bits per heavy atom. The molecule has 0 bridgehead atoms. The summed E-state index contributed by atoms with van der Waals surface area (Å²) in [7, 11) is 0. The molecule has 16 heteroatoms. The number of carbonyl (C=O) groups is 5. The number of aryl methyl sites for hydroxylation is 2. The fourth-order valence-electron chi connectivity index (χ4n) is 11.7. The second kappa shape index (κ2) is 21.4. The van der Waals surface area contributed by atoms with Crippen LogP contribution in [-0.4, -0.2) is 129 Å². The van der Waals surface area contributed by atoms with E-state index in [1.807, 2.05) is 74.5 Å². The molecule has 3 saturated heterocycles. The van der Waals surface area contributed by atoms with Crippen molar-refractivity contribution in [1.29, 1.82) is 5.26 Å². The van der Waals surface area contributed by atoms with Crippen molar-refractivity contribution in [3.8, 4) is 16.5 Å². The van der Waals surface area contributed by atoms with E-state index in [0.29, 0.717) is 49.5 Å². The predicted octanol–water partition coefficient (Wildman–Crippen LogP) is 7.39. The van der Waals surface area contributed by atoms with Crippen molar-refractivity contribution in [3.63, 3.8) is 0 Å². The Morgan fingerprint density at radius 3 is 2.35 bits per heavy atom. The molecule has 74 heavy (non-hydrogen) atoms. The predicted molar refractivity (Wildman–Crippen MR) is 288 cm³/mol. The van der Waals surface area contributed by atoms with E-state index in [2.05, 4.69) is 69.4 Å². The van der Waals surface area contributed by atoms with Gasteiger partial charge in [-0.25, -0.2) is 4.98 Å². The van der Waals surface area contributed by atoms with Gasteiger partial charge < -0.3 is 35.4 Å². The summed E-state index contributed by atoms with van der Waals surface area (Å²) in [6.07, 6.45) is 3.62. The first-order valence-electron chi connectivity index (χ1n) is 26.5. The van der Waals surface area contributed by atoms with Crippen molar-refractivity contribution in [2.45, 2.75) is 136 Å². The van der Waals surface area contributed by atoms with E-state index in [4.69, 9.17) is 0 Å². The minimum atomic E-state index is -0.919. The van der Waals surface area contributed by atoms with Gasteiger partial charge in [-0.2, -0.15) is 5.26 Å². The maximum absolute atomic E-state index is 14.2. The number of fused-ring (bicyclic) bond motifs is 4. The summed E-state index contributed by atoms with van der Waals surface area (Å²) in [5.74, 6) is -0.929. The summed E-state index contributed by atoms with van der Waals surface area (Å²) in [4.78, 5) is 86.0. The summed E-state index contributed by atoms with van der Waals surface area (Å²) in [5, 5.41) is 26.9. The molecule has 0 spiro atoms. The highest BCUT2D eigenvalue weighted by Gasteiger charge is 2.45. The van der Waals surface area contributed by atoms with Crippen LogP contribution in [0, 0.1) is 23.7 Å². The molecule has 4 N–H and O–H groups in total. The average Bonchev–Trinajstić information content (AvgIpc) is 4.14. The quantitative estimate of drug-likeness (QED) is 0.0815. The van der Waals surface area contributed by atoms with Crippen LogP contribution in [-0.2, 0) is 37.6 Å². The van der Waals surface area contributed by atoms with Gasteiger partial charge in [-0.15, -0.1) is 11.3 Å². The number of aliphatic hydroxyl groups is 1. The van der Waals surface area contributed by atoms with Crippen molar-refractivity contribution in [2.75, 3.05) is 50.7 Å². The van der Waals surface area contributed by atoms with E-state index < -0.39 is 34.9 Å². The third-order valence-corrected chi connectivity index (χ3v) is 17.0. The molecule has 3 aromatic carbocycles. The molecule has 0 saturated carbocycles. The molecule has 390 valence electrons. The molecule has 1 aliphatic carbocycles. The molecule has 9 rings (SSSR count). The van der Waals surface area contributed by atoms with Crippen LogP contribution < -0.4 is 15.5 Å². The summed E-state index contributed by atoms with van der Waals surface area (Å²) < 4.78 is 0. The van der Waals surface area contributed by atoms with Crippen LogP contribution in [0.15, 0.2) is 60.1 Å². The van der Waals surface area contributed by atoms with Crippen LogP contribution in [0.2, 0.25) is 0 Å². The Morgan fingerprint density at radius 1 is 0.973 bits per heavy atom. The van der Waals surface area contributed by atoms with Crippen LogP contribution in [0.1, 0.15) is 136 Å². The molecule has 2 aromatic heterocycles. The number of benzene rings is 3. The summed E-state index contributed by atoms with van der Waals surface area (Å²) in [6.45, 7) is 19.1. The van der Waals surface area contributed by atoms with Crippen molar-refractivity contribution in [3.05, 3.63) is 105 Å². The number of piperidine rings is 1. The zero-order valence-electron chi connectivity index (χ0n) is 44.0. The number of piperazine rings is 1. The number of anilines is 1. The maximum Gasteiger partial charge on any atom is 0.246 e. The van der Waals surface area contributed by atoms with Gasteiger partial charge in [0.15, 0.2) is 5.78 Å². The first kappa shape index (κ1) is 52.5.